The summed E-state index contributed by atoms with van der Waals surface area (Å²) in [6.45, 7) is 5.15. The van der Waals surface area contributed by atoms with Crippen LogP contribution in [-0.4, -0.2) is 40.6 Å². The van der Waals surface area contributed by atoms with Gasteiger partial charge in [-0.25, -0.2) is 0 Å². The van der Waals surface area contributed by atoms with Crippen LogP contribution >= 0.6 is 0 Å². The van der Waals surface area contributed by atoms with Crippen LogP contribution in [0, 0.1) is 16.7 Å². The van der Waals surface area contributed by atoms with Crippen LogP contribution < -0.4 is 0 Å². The standard InChI is InChI=1S/C20H20O8/c1-10-13(21)25-12-4-6-16(2)14(22)26-15-20(16)17(12,3)18(10,23)9-19(27-15,28-20)11-5-7-24-8-11/h4-8,10,12,15,23H,9H2,1-3H3/t10-,12+,15-,16-,17+,18-,19-,20+/m0/s1. The van der Waals surface area contributed by atoms with Gasteiger partial charge in [-0.1, -0.05) is 6.08 Å². The molecule has 4 aliphatic heterocycles. The molecule has 0 amide bonds. The molecule has 1 aromatic rings. The molecule has 1 aliphatic carbocycles. The van der Waals surface area contributed by atoms with E-state index in [9.17, 15) is 14.7 Å². The Morgan fingerprint density at radius 2 is 2.00 bits per heavy atom. The predicted octanol–water partition coefficient (Wildman–Crippen LogP) is 1.38. The Bertz CT molecular complexity index is 953. The van der Waals surface area contributed by atoms with Crippen molar-refractivity contribution in [2.24, 2.45) is 16.7 Å². The zero-order valence-electron chi connectivity index (χ0n) is 15.6. The summed E-state index contributed by atoms with van der Waals surface area (Å²) >= 11 is 0. The van der Waals surface area contributed by atoms with E-state index in [4.69, 9.17) is 23.4 Å². The average Bonchev–Trinajstić information content (AvgIpc) is 3.31. The van der Waals surface area contributed by atoms with Crippen LogP contribution in [0.4, 0.5) is 0 Å². The lowest BCUT2D eigenvalue weighted by Crippen LogP contribution is -2.80. The number of rotatable bonds is 1. The number of carbonyl (C=O) groups excluding carboxylic acids is 2. The zero-order chi connectivity index (χ0) is 19.7. The van der Waals surface area contributed by atoms with Crippen molar-refractivity contribution < 1.29 is 38.1 Å². The average molecular weight is 388 g/mol. The molecule has 8 nitrogen and oxygen atoms in total. The van der Waals surface area contributed by atoms with Gasteiger partial charge in [0.15, 0.2) is 5.60 Å². The van der Waals surface area contributed by atoms with Gasteiger partial charge in [0.05, 0.1) is 29.5 Å². The predicted molar refractivity (Wildman–Crippen MR) is 89.1 cm³/mol. The molecule has 0 unspecified atom stereocenters. The second-order valence-electron chi connectivity index (χ2n) is 8.90. The first-order chi connectivity index (χ1) is 13.1. The van der Waals surface area contributed by atoms with Crippen molar-refractivity contribution >= 4 is 11.9 Å². The SMILES string of the molecule is C[C@H]1C(=O)O[C@@H]2C=C[C@@]3(C)C(=O)O[C@H]4O[C@@]5(c6ccoc6)C[C@@]1(O)[C@]2(C)[C@@]43O5. The monoisotopic (exact) mass is 388 g/mol. The Balaban J connectivity index is 1.70. The van der Waals surface area contributed by atoms with Gasteiger partial charge in [0.2, 0.25) is 12.1 Å². The lowest BCUT2D eigenvalue weighted by molar-refractivity contribution is -0.369. The molecule has 4 fully saturated rings. The van der Waals surface area contributed by atoms with E-state index in [1.54, 1.807) is 39.0 Å². The highest BCUT2D eigenvalue weighted by molar-refractivity contribution is 5.86. The molecule has 28 heavy (non-hydrogen) atoms. The number of ether oxygens (including phenoxy) is 4. The summed E-state index contributed by atoms with van der Waals surface area (Å²) in [6.07, 6.45) is 4.41. The molecule has 1 spiro atoms. The van der Waals surface area contributed by atoms with E-state index in [2.05, 4.69) is 0 Å². The molecule has 148 valence electrons. The molecular formula is C20H20O8. The van der Waals surface area contributed by atoms with E-state index in [0.29, 0.717) is 5.56 Å². The molecule has 1 aromatic heterocycles. The van der Waals surface area contributed by atoms with Crippen LogP contribution in [-0.2, 0) is 34.3 Å². The van der Waals surface area contributed by atoms with E-state index >= 15 is 0 Å². The molecule has 0 saturated carbocycles. The lowest BCUT2D eigenvalue weighted by Gasteiger charge is -2.66. The van der Waals surface area contributed by atoms with E-state index < -0.39 is 58.1 Å². The maximum absolute atomic E-state index is 12.9. The highest BCUT2D eigenvalue weighted by Crippen LogP contribution is 2.75. The van der Waals surface area contributed by atoms with E-state index in [-0.39, 0.29) is 6.42 Å². The number of carbonyl (C=O) groups is 2. The Labute approximate surface area is 160 Å². The van der Waals surface area contributed by atoms with Crippen molar-refractivity contribution in [3.8, 4) is 0 Å². The minimum absolute atomic E-state index is 0.0253. The van der Waals surface area contributed by atoms with Gasteiger partial charge < -0.3 is 28.5 Å². The Kier molecular flexibility index (Phi) is 2.62. The number of furan rings is 1. The summed E-state index contributed by atoms with van der Waals surface area (Å²) in [5, 5.41) is 12.1. The molecule has 5 aliphatic rings. The summed E-state index contributed by atoms with van der Waals surface area (Å²) in [6, 6.07) is 1.69. The Morgan fingerprint density at radius 1 is 1.21 bits per heavy atom. The molecule has 5 heterocycles. The van der Waals surface area contributed by atoms with Crippen LogP contribution in [0.5, 0.6) is 0 Å². The third-order valence-corrected chi connectivity index (χ3v) is 7.99. The maximum atomic E-state index is 12.9. The van der Waals surface area contributed by atoms with Gasteiger partial charge in [-0.2, -0.15) is 0 Å². The smallest absolute Gasteiger partial charge is 0.321 e. The largest absolute Gasteiger partial charge is 0.472 e. The minimum Gasteiger partial charge on any atom is -0.472 e. The highest BCUT2D eigenvalue weighted by Gasteiger charge is 2.90. The Hall–Kier alpha value is -2.16. The molecule has 4 saturated heterocycles. The number of esters is 2. The highest BCUT2D eigenvalue weighted by atomic mass is 16.9. The number of hydrogen-bond donors (Lipinski definition) is 1. The second kappa shape index (κ2) is 4.37. The Morgan fingerprint density at radius 3 is 2.71 bits per heavy atom. The maximum Gasteiger partial charge on any atom is 0.321 e. The van der Waals surface area contributed by atoms with Crippen molar-refractivity contribution in [2.75, 3.05) is 0 Å². The van der Waals surface area contributed by atoms with Crippen LogP contribution in [0.3, 0.4) is 0 Å². The lowest BCUT2D eigenvalue weighted by atomic mass is 9.44. The van der Waals surface area contributed by atoms with Crippen molar-refractivity contribution in [3.63, 3.8) is 0 Å². The minimum atomic E-state index is -1.57. The van der Waals surface area contributed by atoms with Crippen molar-refractivity contribution in [2.45, 2.75) is 56.6 Å². The molecule has 8 atom stereocenters. The summed E-state index contributed by atoms with van der Waals surface area (Å²) in [7, 11) is 0. The molecule has 8 heteroatoms. The number of hydrogen-bond acceptors (Lipinski definition) is 8. The van der Waals surface area contributed by atoms with Gasteiger partial charge in [0, 0.05) is 12.0 Å². The first kappa shape index (κ1) is 16.8. The van der Waals surface area contributed by atoms with Gasteiger partial charge in [-0.15, -0.1) is 0 Å². The van der Waals surface area contributed by atoms with Crippen LogP contribution in [0.15, 0.2) is 35.2 Å². The van der Waals surface area contributed by atoms with Gasteiger partial charge in [0.25, 0.3) is 0 Å². The molecule has 2 bridgehead atoms. The molecule has 1 N–H and O–H groups in total. The van der Waals surface area contributed by atoms with Crippen molar-refractivity contribution in [1.29, 1.82) is 0 Å². The summed E-state index contributed by atoms with van der Waals surface area (Å²) in [5.74, 6) is -3.26. The first-order valence-corrected chi connectivity index (χ1v) is 9.39. The van der Waals surface area contributed by atoms with Gasteiger partial charge in [-0.3, -0.25) is 9.59 Å². The third kappa shape index (κ3) is 1.33. The number of fused-ring (bicyclic) bond motifs is 1. The summed E-state index contributed by atoms with van der Waals surface area (Å²) in [4.78, 5) is 25.5. The topological polar surface area (TPSA) is 104 Å². The van der Waals surface area contributed by atoms with E-state index in [1.807, 2.05) is 0 Å². The number of aliphatic hydroxyl groups is 1. The van der Waals surface area contributed by atoms with Crippen LogP contribution in [0.25, 0.3) is 0 Å². The van der Waals surface area contributed by atoms with Crippen molar-refractivity contribution in [3.05, 3.63) is 36.3 Å². The fraction of sp³-hybridized carbons (Fsp3) is 0.600. The summed E-state index contributed by atoms with van der Waals surface area (Å²) < 4.78 is 29.4. The molecule has 0 aromatic carbocycles. The van der Waals surface area contributed by atoms with Crippen LogP contribution in [0.1, 0.15) is 32.8 Å². The zero-order valence-corrected chi connectivity index (χ0v) is 15.6. The second-order valence-corrected chi connectivity index (χ2v) is 8.90. The molecule has 0 radical (unpaired) electrons. The van der Waals surface area contributed by atoms with Gasteiger partial charge in [0.1, 0.15) is 11.5 Å². The fourth-order valence-electron chi connectivity index (χ4n) is 6.26. The van der Waals surface area contributed by atoms with E-state index in [0.717, 1.165) is 0 Å². The van der Waals surface area contributed by atoms with Gasteiger partial charge in [-0.05, 0) is 32.9 Å². The molecular weight excluding hydrogens is 368 g/mol. The fourth-order valence-corrected chi connectivity index (χ4v) is 6.26. The van der Waals surface area contributed by atoms with Gasteiger partial charge >= 0.3 is 11.9 Å². The van der Waals surface area contributed by atoms with Crippen LogP contribution in [0.2, 0.25) is 0 Å². The first-order valence-electron chi connectivity index (χ1n) is 9.39. The normalized spacial score (nSPS) is 55.6. The summed E-state index contributed by atoms with van der Waals surface area (Å²) in [5.41, 5.74) is -4.78. The van der Waals surface area contributed by atoms with E-state index in [1.165, 1.54) is 12.5 Å². The quantitative estimate of drug-likeness (QED) is 0.568. The van der Waals surface area contributed by atoms with Crippen molar-refractivity contribution in [1.82, 2.24) is 0 Å². The molecule has 6 rings (SSSR count). The third-order valence-electron chi connectivity index (χ3n) is 7.99.